The van der Waals surface area contributed by atoms with Crippen molar-refractivity contribution in [2.75, 3.05) is 10.8 Å². The number of halogens is 1. The van der Waals surface area contributed by atoms with Crippen LogP contribution < -0.4 is 9.62 Å². The lowest BCUT2D eigenvalue weighted by molar-refractivity contribution is 0.0954. The third-order valence-electron chi connectivity index (χ3n) is 5.41. The van der Waals surface area contributed by atoms with Gasteiger partial charge in [0.1, 0.15) is 5.82 Å². The van der Waals surface area contributed by atoms with E-state index in [2.05, 4.69) is 5.32 Å². The number of nitrogens with one attached hydrogen (secondary N) is 1. The number of anilines is 1. The van der Waals surface area contributed by atoms with E-state index in [1.807, 2.05) is 37.3 Å². The van der Waals surface area contributed by atoms with Crippen molar-refractivity contribution in [2.45, 2.75) is 30.7 Å². The Balaban J connectivity index is 1.51. The van der Waals surface area contributed by atoms with E-state index in [1.54, 1.807) is 18.2 Å². The lowest BCUT2D eigenvalue weighted by Gasteiger charge is -2.24. The molecular formula is C24H23FN2O3S. The number of amides is 1. The number of benzene rings is 3. The van der Waals surface area contributed by atoms with Crippen LogP contribution in [0.5, 0.6) is 0 Å². The molecule has 0 radical (unpaired) electrons. The topological polar surface area (TPSA) is 66.5 Å². The summed E-state index contributed by atoms with van der Waals surface area (Å²) in [6, 6.07) is 19.5. The summed E-state index contributed by atoms with van der Waals surface area (Å²) < 4.78 is 40.9. The zero-order valence-electron chi connectivity index (χ0n) is 17.1. The molecule has 0 bridgehead atoms. The fraction of sp³-hybridized carbons (Fsp3) is 0.208. The molecule has 0 aliphatic carbocycles. The van der Waals surface area contributed by atoms with Crippen LogP contribution in [0.25, 0.3) is 0 Å². The molecule has 0 saturated carbocycles. The Morgan fingerprint density at radius 3 is 2.48 bits per heavy atom. The number of hydrogen-bond acceptors (Lipinski definition) is 3. The predicted octanol–water partition coefficient (Wildman–Crippen LogP) is 3.94. The van der Waals surface area contributed by atoms with E-state index >= 15 is 0 Å². The van der Waals surface area contributed by atoms with Crippen molar-refractivity contribution in [3.63, 3.8) is 0 Å². The fourth-order valence-corrected chi connectivity index (χ4v) is 5.59. The van der Waals surface area contributed by atoms with Gasteiger partial charge < -0.3 is 5.32 Å². The molecule has 7 heteroatoms. The van der Waals surface area contributed by atoms with Gasteiger partial charge in [0.05, 0.1) is 10.6 Å². The van der Waals surface area contributed by atoms with Gasteiger partial charge in [-0.05, 0) is 73.4 Å². The van der Waals surface area contributed by atoms with Crippen LogP contribution in [0.3, 0.4) is 0 Å². The van der Waals surface area contributed by atoms with Gasteiger partial charge in [0, 0.05) is 18.2 Å². The maximum atomic E-state index is 13.2. The molecular weight excluding hydrogens is 415 g/mol. The quantitative estimate of drug-likeness (QED) is 0.634. The lowest BCUT2D eigenvalue weighted by Crippen LogP contribution is -2.35. The maximum absolute atomic E-state index is 13.2. The summed E-state index contributed by atoms with van der Waals surface area (Å²) in [6.07, 6.45) is 1.24. The standard InChI is InChI=1S/C24H23FN2O3S/c1-17-15-20-16-19(24(28)26-14-13-18-5-3-2-4-6-18)7-12-23(20)27(17)31(29,30)22-10-8-21(25)9-11-22/h2-12,16-17H,13-15H2,1H3,(H,26,28)/t17-/m1/s1. The monoisotopic (exact) mass is 438 g/mol. The normalized spacial score (nSPS) is 15.5. The molecule has 1 heterocycles. The first-order valence-electron chi connectivity index (χ1n) is 10.1. The Kier molecular flexibility index (Phi) is 5.78. The van der Waals surface area contributed by atoms with Gasteiger partial charge in [0.2, 0.25) is 0 Å². The summed E-state index contributed by atoms with van der Waals surface area (Å²) in [7, 11) is -3.83. The zero-order chi connectivity index (χ0) is 22.0. The molecule has 1 aliphatic heterocycles. The molecule has 1 amide bonds. The van der Waals surface area contributed by atoms with E-state index in [9.17, 15) is 17.6 Å². The smallest absolute Gasteiger partial charge is 0.264 e. The van der Waals surface area contributed by atoms with Gasteiger partial charge >= 0.3 is 0 Å². The molecule has 31 heavy (non-hydrogen) atoms. The van der Waals surface area contributed by atoms with Crippen LogP contribution in [0.2, 0.25) is 0 Å². The molecule has 5 nitrogen and oxygen atoms in total. The number of carbonyl (C=O) groups excluding carboxylic acids is 1. The van der Waals surface area contributed by atoms with E-state index in [-0.39, 0.29) is 16.8 Å². The molecule has 1 N–H and O–H groups in total. The van der Waals surface area contributed by atoms with Gasteiger partial charge in [-0.1, -0.05) is 30.3 Å². The molecule has 4 rings (SSSR count). The maximum Gasteiger partial charge on any atom is 0.264 e. The van der Waals surface area contributed by atoms with Crippen LogP contribution in [0.15, 0.2) is 77.7 Å². The molecule has 3 aromatic rings. The molecule has 1 atom stereocenters. The predicted molar refractivity (Wildman–Crippen MR) is 118 cm³/mol. The Hall–Kier alpha value is -3.19. The lowest BCUT2D eigenvalue weighted by atomic mass is 10.1. The molecule has 0 aromatic heterocycles. The Morgan fingerprint density at radius 2 is 1.77 bits per heavy atom. The minimum Gasteiger partial charge on any atom is -0.352 e. The summed E-state index contributed by atoms with van der Waals surface area (Å²) in [5, 5.41) is 2.92. The van der Waals surface area contributed by atoms with Crippen LogP contribution in [0.1, 0.15) is 28.4 Å². The Labute approximate surface area is 181 Å². The molecule has 1 aliphatic rings. The molecule has 0 unspecified atom stereocenters. The van der Waals surface area contributed by atoms with Crippen LogP contribution in [-0.2, 0) is 22.9 Å². The van der Waals surface area contributed by atoms with Gasteiger partial charge in [0.25, 0.3) is 15.9 Å². The minimum absolute atomic E-state index is 0.0383. The number of nitrogens with zero attached hydrogens (tertiary/aromatic N) is 1. The third-order valence-corrected chi connectivity index (χ3v) is 7.35. The van der Waals surface area contributed by atoms with Crippen LogP contribution in [-0.4, -0.2) is 26.9 Å². The van der Waals surface area contributed by atoms with E-state index in [0.717, 1.165) is 29.7 Å². The number of rotatable bonds is 6. The average Bonchev–Trinajstić information content (AvgIpc) is 3.10. The van der Waals surface area contributed by atoms with Crippen LogP contribution in [0, 0.1) is 5.82 Å². The SMILES string of the molecule is C[C@@H]1Cc2cc(C(=O)NCCc3ccccc3)ccc2N1S(=O)(=O)c1ccc(F)cc1. The molecule has 3 aromatic carbocycles. The van der Waals surface area contributed by atoms with Crippen molar-refractivity contribution in [3.05, 3.63) is 95.3 Å². The van der Waals surface area contributed by atoms with Gasteiger partial charge in [-0.2, -0.15) is 0 Å². The van der Waals surface area contributed by atoms with Crippen LogP contribution in [0.4, 0.5) is 10.1 Å². The highest BCUT2D eigenvalue weighted by Gasteiger charge is 2.36. The second kappa shape index (κ2) is 8.51. The zero-order valence-corrected chi connectivity index (χ0v) is 17.9. The first kappa shape index (κ1) is 21.1. The van der Waals surface area contributed by atoms with Crippen molar-refractivity contribution >= 4 is 21.6 Å². The summed E-state index contributed by atoms with van der Waals surface area (Å²) in [4.78, 5) is 12.6. The Bertz CT molecular complexity index is 1200. The summed E-state index contributed by atoms with van der Waals surface area (Å²) >= 11 is 0. The van der Waals surface area contributed by atoms with Crippen LogP contribution >= 0.6 is 0 Å². The second-order valence-electron chi connectivity index (χ2n) is 7.64. The summed E-state index contributed by atoms with van der Waals surface area (Å²) in [5.41, 5.74) is 3.00. The first-order valence-corrected chi connectivity index (χ1v) is 11.6. The number of carbonyl (C=O) groups is 1. The summed E-state index contributed by atoms with van der Waals surface area (Å²) in [6.45, 7) is 2.34. The summed E-state index contributed by atoms with van der Waals surface area (Å²) in [5.74, 6) is -0.678. The molecule has 160 valence electrons. The Morgan fingerprint density at radius 1 is 1.06 bits per heavy atom. The van der Waals surface area contributed by atoms with Crippen molar-refractivity contribution in [2.24, 2.45) is 0 Å². The molecule has 0 fully saturated rings. The van der Waals surface area contributed by atoms with Crippen molar-refractivity contribution < 1.29 is 17.6 Å². The van der Waals surface area contributed by atoms with E-state index < -0.39 is 15.8 Å². The average molecular weight is 439 g/mol. The van der Waals surface area contributed by atoms with Gasteiger partial charge in [-0.3, -0.25) is 9.10 Å². The second-order valence-corrected chi connectivity index (χ2v) is 9.46. The number of sulfonamides is 1. The highest BCUT2D eigenvalue weighted by molar-refractivity contribution is 7.92. The largest absolute Gasteiger partial charge is 0.352 e. The molecule has 0 saturated heterocycles. The number of hydrogen-bond donors (Lipinski definition) is 1. The van der Waals surface area contributed by atoms with E-state index in [1.165, 1.54) is 16.4 Å². The van der Waals surface area contributed by atoms with Gasteiger partial charge in [-0.25, -0.2) is 12.8 Å². The van der Waals surface area contributed by atoms with Gasteiger partial charge in [-0.15, -0.1) is 0 Å². The highest BCUT2D eigenvalue weighted by atomic mass is 32.2. The van der Waals surface area contributed by atoms with E-state index in [0.29, 0.717) is 24.2 Å². The fourth-order valence-electron chi connectivity index (χ4n) is 3.90. The molecule has 0 spiro atoms. The van der Waals surface area contributed by atoms with E-state index in [4.69, 9.17) is 0 Å². The minimum atomic E-state index is -3.83. The number of fused-ring (bicyclic) bond motifs is 1. The first-order chi connectivity index (χ1) is 14.9. The van der Waals surface area contributed by atoms with Crippen molar-refractivity contribution in [1.82, 2.24) is 5.32 Å². The van der Waals surface area contributed by atoms with Crippen molar-refractivity contribution in [1.29, 1.82) is 0 Å². The third kappa shape index (κ3) is 4.32. The van der Waals surface area contributed by atoms with Crippen molar-refractivity contribution in [3.8, 4) is 0 Å². The van der Waals surface area contributed by atoms with Gasteiger partial charge in [0.15, 0.2) is 0 Å². The highest BCUT2D eigenvalue weighted by Crippen LogP contribution is 2.37.